The maximum atomic E-state index is 8.54. The standard InChI is InChI=1S/C14H19NO3.ClH/c1-2-9-18-14-6-4-3-5-13(14)12-15-7-10-17-11-8-16;/h1,3-6,15-16H,7-12H2;1H. The molecule has 5 heteroatoms. The van der Waals surface area contributed by atoms with Crippen LogP contribution in [0.3, 0.4) is 0 Å². The first-order chi connectivity index (χ1) is 8.88. The fourth-order valence-corrected chi connectivity index (χ4v) is 1.44. The lowest BCUT2D eigenvalue weighted by Crippen LogP contribution is -2.20. The monoisotopic (exact) mass is 285 g/mol. The second-order valence-corrected chi connectivity index (χ2v) is 3.61. The summed E-state index contributed by atoms with van der Waals surface area (Å²) in [6.45, 7) is 2.71. The third-order valence-electron chi connectivity index (χ3n) is 2.26. The molecule has 0 fully saturated rings. The van der Waals surface area contributed by atoms with Crippen LogP contribution in [0.25, 0.3) is 0 Å². The summed E-state index contributed by atoms with van der Waals surface area (Å²) >= 11 is 0. The second kappa shape index (κ2) is 11.8. The molecule has 0 amide bonds. The highest BCUT2D eigenvalue weighted by Crippen LogP contribution is 2.17. The number of para-hydroxylation sites is 1. The molecule has 0 aliphatic heterocycles. The number of terminal acetylenes is 1. The minimum Gasteiger partial charge on any atom is -0.481 e. The lowest BCUT2D eigenvalue weighted by molar-refractivity contribution is 0.0937. The van der Waals surface area contributed by atoms with Crippen molar-refractivity contribution in [2.45, 2.75) is 6.54 Å². The summed E-state index contributed by atoms with van der Waals surface area (Å²) in [5.74, 6) is 3.25. The Bertz CT molecular complexity index is 379. The number of hydrogen-bond donors (Lipinski definition) is 2. The molecule has 0 radical (unpaired) electrons. The van der Waals surface area contributed by atoms with Crippen molar-refractivity contribution in [2.24, 2.45) is 0 Å². The van der Waals surface area contributed by atoms with E-state index in [1.807, 2.05) is 24.3 Å². The molecule has 0 spiro atoms. The number of nitrogens with one attached hydrogen (secondary N) is 1. The van der Waals surface area contributed by atoms with Crippen molar-refractivity contribution in [3.05, 3.63) is 29.8 Å². The molecule has 0 bridgehead atoms. The molecular formula is C14H20ClNO3. The van der Waals surface area contributed by atoms with Gasteiger partial charge in [0.15, 0.2) is 0 Å². The van der Waals surface area contributed by atoms with Crippen LogP contribution >= 0.6 is 12.4 Å². The first kappa shape index (κ1) is 17.8. The summed E-state index contributed by atoms with van der Waals surface area (Å²) in [5.41, 5.74) is 1.06. The van der Waals surface area contributed by atoms with E-state index in [-0.39, 0.29) is 25.6 Å². The average Bonchev–Trinajstić information content (AvgIpc) is 2.41. The van der Waals surface area contributed by atoms with Gasteiger partial charge >= 0.3 is 0 Å². The molecule has 106 valence electrons. The number of aliphatic hydroxyl groups is 1. The number of rotatable bonds is 9. The third-order valence-corrected chi connectivity index (χ3v) is 2.26. The van der Waals surface area contributed by atoms with Gasteiger partial charge in [0.25, 0.3) is 0 Å². The quantitative estimate of drug-likeness (QED) is 0.529. The largest absolute Gasteiger partial charge is 0.481 e. The molecule has 19 heavy (non-hydrogen) atoms. The molecule has 1 aromatic rings. The normalized spacial score (nSPS) is 9.47. The smallest absolute Gasteiger partial charge is 0.148 e. The van der Waals surface area contributed by atoms with Crippen LogP contribution < -0.4 is 10.1 Å². The minimum absolute atomic E-state index is 0. The summed E-state index contributed by atoms with van der Waals surface area (Å²) in [6, 6.07) is 7.77. The van der Waals surface area contributed by atoms with Gasteiger partial charge in [0.1, 0.15) is 12.4 Å². The van der Waals surface area contributed by atoms with E-state index in [1.165, 1.54) is 0 Å². The van der Waals surface area contributed by atoms with E-state index in [0.717, 1.165) is 17.9 Å². The van der Waals surface area contributed by atoms with E-state index in [9.17, 15) is 0 Å². The minimum atomic E-state index is 0. The van der Waals surface area contributed by atoms with Crippen LogP contribution in [-0.2, 0) is 11.3 Å². The van der Waals surface area contributed by atoms with Gasteiger partial charge in [0.05, 0.1) is 19.8 Å². The Labute approximate surface area is 120 Å². The van der Waals surface area contributed by atoms with Crippen LogP contribution in [0.1, 0.15) is 5.56 Å². The van der Waals surface area contributed by atoms with Crippen molar-refractivity contribution in [2.75, 3.05) is 33.0 Å². The van der Waals surface area contributed by atoms with Crippen LogP contribution in [0.5, 0.6) is 5.75 Å². The fraction of sp³-hybridized carbons (Fsp3) is 0.429. The van der Waals surface area contributed by atoms with Gasteiger partial charge in [-0.2, -0.15) is 0 Å². The van der Waals surface area contributed by atoms with Gasteiger partial charge in [-0.1, -0.05) is 24.1 Å². The number of ether oxygens (including phenoxy) is 2. The highest BCUT2D eigenvalue weighted by Gasteiger charge is 2.01. The summed E-state index contributed by atoms with van der Waals surface area (Å²) in [6.07, 6.45) is 5.17. The Hall–Kier alpha value is -1.25. The van der Waals surface area contributed by atoms with Crippen molar-refractivity contribution in [1.82, 2.24) is 5.32 Å². The summed E-state index contributed by atoms with van der Waals surface area (Å²) in [4.78, 5) is 0. The molecule has 0 aromatic heterocycles. The fourth-order valence-electron chi connectivity index (χ4n) is 1.44. The summed E-state index contributed by atoms with van der Waals surface area (Å²) in [7, 11) is 0. The Morgan fingerprint density at radius 3 is 2.79 bits per heavy atom. The molecule has 0 heterocycles. The van der Waals surface area contributed by atoms with Crippen LogP contribution in [0.4, 0.5) is 0 Å². The Morgan fingerprint density at radius 1 is 1.26 bits per heavy atom. The SMILES string of the molecule is C#CCOc1ccccc1CNCCOCCO.Cl. The van der Waals surface area contributed by atoms with Crippen molar-refractivity contribution in [1.29, 1.82) is 0 Å². The molecule has 0 saturated carbocycles. The van der Waals surface area contributed by atoms with Gasteiger partial charge in [0.2, 0.25) is 0 Å². The Morgan fingerprint density at radius 2 is 2.05 bits per heavy atom. The molecule has 4 nitrogen and oxygen atoms in total. The molecule has 1 aromatic carbocycles. The maximum Gasteiger partial charge on any atom is 0.148 e. The highest BCUT2D eigenvalue weighted by atomic mass is 35.5. The van der Waals surface area contributed by atoms with E-state index >= 15 is 0 Å². The van der Waals surface area contributed by atoms with Gasteiger partial charge in [-0.15, -0.1) is 18.8 Å². The molecule has 0 atom stereocenters. The predicted molar refractivity (Wildman–Crippen MR) is 77.6 cm³/mol. The first-order valence-corrected chi connectivity index (χ1v) is 5.92. The van der Waals surface area contributed by atoms with Crippen LogP contribution in [0, 0.1) is 12.3 Å². The lowest BCUT2D eigenvalue weighted by Gasteiger charge is -2.10. The number of halogens is 1. The Kier molecular flexibility index (Phi) is 11.0. The van der Waals surface area contributed by atoms with E-state index in [1.54, 1.807) is 0 Å². The van der Waals surface area contributed by atoms with Gasteiger partial charge in [0, 0.05) is 18.7 Å². The summed E-state index contributed by atoms with van der Waals surface area (Å²) in [5, 5.41) is 11.8. The average molecular weight is 286 g/mol. The molecule has 0 saturated heterocycles. The zero-order chi connectivity index (χ0) is 13.1. The number of hydrogen-bond acceptors (Lipinski definition) is 4. The van der Waals surface area contributed by atoms with Crippen LogP contribution in [0.2, 0.25) is 0 Å². The van der Waals surface area contributed by atoms with Crippen LogP contribution in [0.15, 0.2) is 24.3 Å². The molecule has 0 aliphatic carbocycles. The molecular weight excluding hydrogens is 266 g/mol. The van der Waals surface area contributed by atoms with E-state index in [2.05, 4.69) is 11.2 Å². The van der Waals surface area contributed by atoms with Crippen molar-refractivity contribution < 1.29 is 14.6 Å². The number of aliphatic hydroxyl groups excluding tert-OH is 1. The zero-order valence-corrected chi connectivity index (χ0v) is 11.6. The third kappa shape index (κ3) is 7.70. The van der Waals surface area contributed by atoms with Crippen molar-refractivity contribution in [3.63, 3.8) is 0 Å². The molecule has 0 unspecified atom stereocenters. The van der Waals surface area contributed by atoms with Gasteiger partial charge in [-0.3, -0.25) is 0 Å². The van der Waals surface area contributed by atoms with Crippen molar-refractivity contribution >= 4 is 12.4 Å². The first-order valence-electron chi connectivity index (χ1n) is 5.92. The topological polar surface area (TPSA) is 50.7 Å². The van der Waals surface area contributed by atoms with Crippen LogP contribution in [-0.4, -0.2) is 38.1 Å². The zero-order valence-electron chi connectivity index (χ0n) is 10.8. The van der Waals surface area contributed by atoms with E-state index in [0.29, 0.717) is 19.8 Å². The maximum absolute atomic E-state index is 8.54. The molecule has 2 N–H and O–H groups in total. The van der Waals surface area contributed by atoms with Gasteiger partial charge in [-0.25, -0.2) is 0 Å². The second-order valence-electron chi connectivity index (χ2n) is 3.61. The van der Waals surface area contributed by atoms with Gasteiger partial charge in [-0.05, 0) is 6.07 Å². The lowest BCUT2D eigenvalue weighted by atomic mass is 10.2. The molecule has 1 rings (SSSR count). The predicted octanol–water partition coefficient (Wildman–Crippen LogP) is 1.22. The van der Waals surface area contributed by atoms with E-state index in [4.69, 9.17) is 21.0 Å². The Balaban J connectivity index is 0.00000324. The number of benzene rings is 1. The molecule has 0 aliphatic rings. The van der Waals surface area contributed by atoms with E-state index < -0.39 is 0 Å². The summed E-state index contributed by atoms with van der Waals surface area (Å²) < 4.78 is 10.6. The van der Waals surface area contributed by atoms with Gasteiger partial charge < -0.3 is 19.9 Å². The highest BCUT2D eigenvalue weighted by molar-refractivity contribution is 5.85. The van der Waals surface area contributed by atoms with Crippen molar-refractivity contribution in [3.8, 4) is 18.1 Å².